The third-order valence-corrected chi connectivity index (χ3v) is 6.65. The molecule has 0 aliphatic rings. The van der Waals surface area contributed by atoms with Gasteiger partial charge in [-0.2, -0.15) is 5.10 Å². The maximum Gasteiger partial charge on any atom is 0.274 e. The smallest absolute Gasteiger partial charge is 0.274 e. The number of hydrogen-bond acceptors (Lipinski definition) is 7. The van der Waals surface area contributed by atoms with E-state index in [-0.39, 0.29) is 11.2 Å². The van der Waals surface area contributed by atoms with Crippen molar-refractivity contribution in [2.45, 2.75) is 23.9 Å². The zero-order valence-electron chi connectivity index (χ0n) is 19.2. The molecule has 0 saturated carbocycles. The van der Waals surface area contributed by atoms with Crippen LogP contribution in [0.15, 0.2) is 78.5 Å². The molecule has 176 valence electrons. The minimum absolute atomic E-state index is 0.133. The number of amides is 1. The Hall–Kier alpha value is -4.18. The molecule has 35 heavy (non-hydrogen) atoms. The van der Waals surface area contributed by atoms with Gasteiger partial charge in [0, 0.05) is 35.8 Å². The van der Waals surface area contributed by atoms with E-state index in [4.69, 9.17) is 4.74 Å². The molecule has 1 amide bonds. The van der Waals surface area contributed by atoms with E-state index in [0.29, 0.717) is 23.7 Å². The molecule has 0 saturated heterocycles. The number of fused-ring (bicyclic) bond motifs is 1. The van der Waals surface area contributed by atoms with Crippen LogP contribution in [0.4, 0.5) is 5.69 Å². The molecule has 5 aromatic rings. The van der Waals surface area contributed by atoms with Crippen LogP contribution in [0, 0.1) is 0 Å². The van der Waals surface area contributed by atoms with Gasteiger partial charge in [0.05, 0.1) is 5.69 Å². The van der Waals surface area contributed by atoms with Crippen molar-refractivity contribution in [3.63, 3.8) is 0 Å². The van der Waals surface area contributed by atoms with Gasteiger partial charge in [-0.15, -0.1) is 10.2 Å². The first-order valence-corrected chi connectivity index (χ1v) is 11.9. The van der Waals surface area contributed by atoms with Crippen LogP contribution >= 0.6 is 11.8 Å². The average Bonchev–Trinajstić information content (AvgIpc) is 3.54. The number of benzene rings is 2. The van der Waals surface area contributed by atoms with Gasteiger partial charge < -0.3 is 14.6 Å². The molecular weight excluding hydrogens is 462 g/mol. The van der Waals surface area contributed by atoms with Crippen molar-refractivity contribution in [2.24, 2.45) is 7.05 Å². The first kappa shape index (κ1) is 22.6. The summed E-state index contributed by atoms with van der Waals surface area (Å²) in [6.07, 6.45) is 5.05. The lowest BCUT2D eigenvalue weighted by atomic mass is 10.1. The third-order valence-electron chi connectivity index (χ3n) is 5.44. The molecule has 3 heterocycles. The maximum absolute atomic E-state index is 13.0. The van der Waals surface area contributed by atoms with Crippen LogP contribution < -0.4 is 10.1 Å². The zero-order valence-corrected chi connectivity index (χ0v) is 20.0. The molecular formula is C25H23N7O2S. The van der Waals surface area contributed by atoms with E-state index in [1.807, 2.05) is 60.1 Å². The van der Waals surface area contributed by atoms with Crippen LogP contribution in [-0.4, -0.2) is 35.9 Å². The number of pyridine rings is 1. The molecule has 0 bridgehead atoms. The van der Waals surface area contributed by atoms with Crippen molar-refractivity contribution in [3.05, 3.63) is 90.3 Å². The summed E-state index contributed by atoms with van der Waals surface area (Å²) >= 11 is 1.61. The number of nitrogens with one attached hydrogen (secondary N) is 2. The molecule has 2 N–H and O–H groups in total. The van der Waals surface area contributed by atoms with Gasteiger partial charge in [-0.1, -0.05) is 23.9 Å². The summed E-state index contributed by atoms with van der Waals surface area (Å²) in [5.41, 5.74) is 2.99. The highest BCUT2D eigenvalue weighted by molar-refractivity contribution is 7.99. The number of carbonyl (C=O) groups excluding carboxylic acids is 1. The van der Waals surface area contributed by atoms with Crippen molar-refractivity contribution in [1.82, 2.24) is 29.9 Å². The zero-order chi connectivity index (χ0) is 24.2. The fourth-order valence-electron chi connectivity index (χ4n) is 3.53. The van der Waals surface area contributed by atoms with Crippen LogP contribution in [0.5, 0.6) is 5.75 Å². The average molecular weight is 486 g/mol. The Morgan fingerprint density at radius 3 is 2.89 bits per heavy atom. The largest absolute Gasteiger partial charge is 0.487 e. The van der Waals surface area contributed by atoms with Crippen molar-refractivity contribution >= 4 is 34.1 Å². The standard InChI is InChI=1S/C25H23N7O2S/c1-16(35-25-31-28-15-32(25)2)17-4-3-5-20(10-17)29-24(33)23-12-19-11-22(7-6-18(19)13-26-23)34-14-21-8-9-27-30-21/h3-13,15-16H,14H2,1-2H3,(H,27,30)(H,29,33)/t16-/m0/s1. The minimum Gasteiger partial charge on any atom is -0.487 e. The van der Waals surface area contributed by atoms with Crippen LogP contribution in [0.1, 0.15) is 33.9 Å². The van der Waals surface area contributed by atoms with Crippen molar-refractivity contribution in [1.29, 1.82) is 0 Å². The van der Waals surface area contributed by atoms with Gasteiger partial charge in [-0.3, -0.25) is 14.9 Å². The third kappa shape index (κ3) is 5.33. The molecule has 10 heteroatoms. The highest BCUT2D eigenvalue weighted by Gasteiger charge is 2.14. The maximum atomic E-state index is 13.0. The lowest BCUT2D eigenvalue weighted by molar-refractivity contribution is 0.102. The van der Waals surface area contributed by atoms with Gasteiger partial charge in [0.2, 0.25) is 0 Å². The summed E-state index contributed by atoms with van der Waals surface area (Å²) in [6.45, 7) is 2.48. The van der Waals surface area contributed by atoms with Crippen molar-refractivity contribution in [2.75, 3.05) is 5.32 Å². The van der Waals surface area contributed by atoms with Gasteiger partial charge in [0.1, 0.15) is 24.4 Å². The van der Waals surface area contributed by atoms with Gasteiger partial charge in [-0.25, -0.2) is 0 Å². The van der Waals surface area contributed by atoms with Gasteiger partial charge in [0.25, 0.3) is 5.91 Å². The molecule has 0 aliphatic heterocycles. The summed E-state index contributed by atoms with van der Waals surface area (Å²) in [5, 5.41) is 20.6. The second-order valence-electron chi connectivity index (χ2n) is 8.01. The van der Waals surface area contributed by atoms with E-state index in [1.54, 1.807) is 36.5 Å². The molecule has 0 spiro atoms. The number of hydrogen-bond donors (Lipinski definition) is 2. The monoisotopic (exact) mass is 485 g/mol. The number of aryl methyl sites for hydroxylation is 1. The highest BCUT2D eigenvalue weighted by Crippen LogP contribution is 2.34. The van der Waals surface area contributed by atoms with Crippen LogP contribution in [0.25, 0.3) is 10.8 Å². The van der Waals surface area contributed by atoms with Crippen LogP contribution in [0.3, 0.4) is 0 Å². The molecule has 0 radical (unpaired) electrons. The Morgan fingerprint density at radius 2 is 2.09 bits per heavy atom. The van der Waals surface area contributed by atoms with Crippen molar-refractivity contribution < 1.29 is 9.53 Å². The summed E-state index contributed by atoms with van der Waals surface area (Å²) in [5.74, 6) is 0.424. The predicted octanol–water partition coefficient (Wildman–Crippen LogP) is 4.77. The molecule has 5 rings (SSSR count). The van der Waals surface area contributed by atoms with E-state index in [0.717, 1.165) is 27.2 Å². The SMILES string of the molecule is C[C@H](Sc1nncn1C)c1cccc(NC(=O)c2cc3cc(OCc4ccn[nH]4)ccc3cn2)c1. The van der Waals surface area contributed by atoms with Crippen LogP contribution in [0.2, 0.25) is 0 Å². The van der Waals surface area contributed by atoms with E-state index in [1.165, 1.54) is 0 Å². The number of H-pyrrole nitrogens is 1. The second kappa shape index (κ2) is 9.98. The van der Waals surface area contributed by atoms with E-state index >= 15 is 0 Å². The normalized spacial score (nSPS) is 11.9. The molecule has 3 aromatic heterocycles. The molecule has 0 unspecified atom stereocenters. The number of ether oxygens (including phenoxy) is 1. The molecule has 0 fully saturated rings. The predicted molar refractivity (Wildman–Crippen MR) is 134 cm³/mol. The number of anilines is 1. The molecule has 0 aliphatic carbocycles. The summed E-state index contributed by atoms with van der Waals surface area (Å²) in [4.78, 5) is 17.3. The number of aromatic amines is 1. The quantitative estimate of drug-likeness (QED) is 0.305. The number of nitrogens with zero attached hydrogens (tertiary/aromatic N) is 5. The van der Waals surface area contributed by atoms with E-state index in [2.05, 4.69) is 37.6 Å². The highest BCUT2D eigenvalue weighted by atomic mass is 32.2. The number of carbonyl (C=O) groups is 1. The Bertz CT molecular complexity index is 1470. The number of rotatable bonds is 8. The molecule has 9 nitrogen and oxygen atoms in total. The summed E-state index contributed by atoms with van der Waals surface area (Å²) < 4.78 is 7.71. The topological polar surface area (TPSA) is 111 Å². The Labute approximate surface area is 206 Å². The molecule has 2 aromatic carbocycles. The fraction of sp³-hybridized carbons (Fsp3) is 0.160. The number of aromatic nitrogens is 6. The van der Waals surface area contributed by atoms with E-state index < -0.39 is 0 Å². The Morgan fingerprint density at radius 1 is 1.17 bits per heavy atom. The summed E-state index contributed by atoms with van der Waals surface area (Å²) in [7, 11) is 1.91. The summed E-state index contributed by atoms with van der Waals surface area (Å²) in [6, 6.07) is 17.1. The second-order valence-corrected chi connectivity index (χ2v) is 9.32. The fourth-order valence-corrected chi connectivity index (χ4v) is 4.44. The van der Waals surface area contributed by atoms with Crippen LogP contribution in [-0.2, 0) is 13.7 Å². The number of thioether (sulfide) groups is 1. The van der Waals surface area contributed by atoms with Gasteiger partial charge >= 0.3 is 0 Å². The lowest BCUT2D eigenvalue weighted by Crippen LogP contribution is -2.13. The Balaban J connectivity index is 1.29. The first-order chi connectivity index (χ1) is 17.0. The minimum atomic E-state index is -0.276. The van der Waals surface area contributed by atoms with E-state index in [9.17, 15) is 4.79 Å². The van der Waals surface area contributed by atoms with Gasteiger partial charge in [0.15, 0.2) is 5.16 Å². The van der Waals surface area contributed by atoms with Gasteiger partial charge in [-0.05, 0) is 60.3 Å². The lowest BCUT2D eigenvalue weighted by Gasteiger charge is -2.13. The Kier molecular flexibility index (Phi) is 6.44. The molecule has 1 atom stereocenters. The van der Waals surface area contributed by atoms with Crippen molar-refractivity contribution in [3.8, 4) is 5.75 Å². The first-order valence-electron chi connectivity index (χ1n) is 11.0.